The Balaban J connectivity index is 1.81. The zero-order valence-corrected chi connectivity index (χ0v) is 10.4. The molecule has 0 unspecified atom stereocenters. The van der Waals surface area contributed by atoms with Crippen molar-refractivity contribution in [1.29, 1.82) is 0 Å². The van der Waals surface area contributed by atoms with Crippen LogP contribution in [0.15, 0.2) is 24.3 Å². The molecule has 1 saturated heterocycles. The van der Waals surface area contributed by atoms with Crippen molar-refractivity contribution in [2.75, 3.05) is 13.1 Å². The summed E-state index contributed by atoms with van der Waals surface area (Å²) in [5.74, 6) is -0.0943. The Morgan fingerprint density at radius 1 is 1.41 bits per heavy atom. The van der Waals surface area contributed by atoms with Gasteiger partial charge in [0.2, 0.25) is 0 Å². The number of hydrogen-bond acceptors (Lipinski definition) is 3. The van der Waals surface area contributed by atoms with Gasteiger partial charge in [0.05, 0.1) is 5.92 Å². The number of nitrogens with one attached hydrogen (secondary N) is 1. The number of hydrogen-bond donors (Lipinski definition) is 1. The van der Waals surface area contributed by atoms with Crippen molar-refractivity contribution in [3.8, 4) is 0 Å². The fourth-order valence-corrected chi connectivity index (χ4v) is 2.03. The third-order valence-corrected chi connectivity index (χ3v) is 3.18. The predicted molar refractivity (Wildman–Crippen MR) is 66.8 cm³/mol. The largest absolute Gasteiger partial charge is 0.461 e. The molecule has 92 valence electrons. The van der Waals surface area contributed by atoms with Gasteiger partial charge >= 0.3 is 5.97 Å². The van der Waals surface area contributed by atoms with Crippen molar-refractivity contribution in [1.82, 2.24) is 5.32 Å². The van der Waals surface area contributed by atoms with Gasteiger partial charge in [0.15, 0.2) is 0 Å². The van der Waals surface area contributed by atoms with Gasteiger partial charge in [0.25, 0.3) is 0 Å². The van der Waals surface area contributed by atoms with Gasteiger partial charge in [-0.05, 0) is 37.1 Å². The first kappa shape index (κ1) is 12.4. The number of halogens is 1. The molecule has 1 fully saturated rings. The van der Waals surface area contributed by atoms with Crippen LogP contribution < -0.4 is 5.32 Å². The van der Waals surface area contributed by atoms with Gasteiger partial charge in [-0.15, -0.1) is 0 Å². The molecule has 0 radical (unpaired) electrons. The van der Waals surface area contributed by atoms with E-state index in [-0.39, 0.29) is 11.9 Å². The Kier molecular flexibility index (Phi) is 4.40. The Morgan fingerprint density at radius 3 is 2.82 bits per heavy atom. The number of piperidine rings is 1. The number of carbonyl (C=O) groups is 1. The van der Waals surface area contributed by atoms with Crippen LogP contribution in [0.1, 0.15) is 18.4 Å². The molecule has 1 aliphatic heterocycles. The smallest absolute Gasteiger partial charge is 0.310 e. The lowest BCUT2D eigenvalue weighted by atomic mass is 10.0. The monoisotopic (exact) mass is 253 g/mol. The van der Waals surface area contributed by atoms with Crippen molar-refractivity contribution in [2.45, 2.75) is 19.4 Å². The fraction of sp³-hybridized carbons (Fsp3) is 0.462. The molecule has 1 aliphatic rings. The van der Waals surface area contributed by atoms with Crippen LogP contribution in [-0.4, -0.2) is 19.1 Å². The Morgan fingerprint density at radius 2 is 2.18 bits per heavy atom. The summed E-state index contributed by atoms with van der Waals surface area (Å²) in [5.41, 5.74) is 0.964. The molecular weight excluding hydrogens is 238 g/mol. The molecule has 3 nitrogen and oxygen atoms in total. The molecule has 1 aromatic rings. The van der Waals surface area contributed by atoms with Gasteiger partial charge in [-0.25, -0.2) is 0 Å². The van der Waals surface area contributed by atoms with E-state index in [2.05, 4.69) is 5.32 Å². The van der Waals surface area contributed by atoms with Crippen LogP contribution in [0.5, 0.6) is 0 Å². The molecule has 1 aromatic carbocycles. The summed E-state index contributed by atoms with van der Waals surface area (Å²) in [6.07, 6.45) is 1.97. The Hall–Kier alpha value is -1.06. The molecule has 0 aliphatic carbocycles. The van der Waals surface area contributed by atoms with Gasteiger partial charge in [-0.3, -0.25) is 4.79 Å². The van der Waals surface area contributed by atoms with Crippen LogP contribution in [0.3, 0.4) is 0 Å². The van der Waals surface area contributed by atoms with E-state index in [1.54, 1.807) is 12.1 Å². The third kappa shape index (κ3) is 3.72. The molecular formula is C13H16ClNO2. The van der Waals surface area contributed by atoms with Crippen LogP contribution in [0, 0.1) is 5.92 Å². The van der Waals surface area contributed by atoms with E-state index in [0.717, 1.165) is 31.5 Å². The van der Waals surface area contributed by atoms with E-state index in [1.165, 1.54) is 0 Å². The van der Waals surface area contributed by atoms with Gasteiger partial charge in [0.1, 0.15) is 6.61 Å². The van der Waals surface area contributed by atoms with Crippen molar-refractivity contribution >= 4 is 17.6 Å². The molecule has 0 spiro atoms. The Bertz CT molecular complexity index is 372. The van der Waals surface area contributed by atoms with E-state index in [0.29, 0.717) is 11.6 Å². The van der Waals surface area contributed by atoms with Crippen LogP contribution in [-0.2, 0) is 16.1 Å². The summed E-state index contributed by atoms with van der Waals surface area (Å²) in [5, 5.41) is 3.89. The van der Waals surface area contributed by atoms with Crippen molar-refractivity contribution in [2.24, 2.45) is 5.92 Å². The number of rotatable bonds is 3. The van der Waals surface area contributed by atoms with E-state index in [1.807, 2.05) is 12.1 Å². The van der Waals surface area contributed by atoms with Gasteiger partial charge < -0.3 is 10.1 Å². The predicted octanol–water partition coefficient (Wildman–Crippen LogP) is 2.38. The second kappa shape index (κ2) is 6.03. The van der Waals surface area contributed by atoms with Crippen LogP contribution in [0.25, 0.3) is 0 Å². The highest BCUT2D eigenvalue weighted by molar-refractivity contribution is 6.30. The topological polar surface area (TPSA) is 38.3 Å². The summed E-state index contributed by atoms with van der Waals surface area (Å²) in [6.45, 7) is 2.06. The normalized spacial score (nSPS) is 19.9. The lowest BCUT2D eigenvalue weighted by Crippen LogP contribution is -2.35. The van der Waals surface area contributed by atoms with Crippen molar-refractivity contribution in [3.05, 3.63) is 34.9 Å². The van der Waals surface area contributed by atoms with E-state index in [4.69, 9.17) is 16.3 Å². The molecule has 17 heavy (non-hydrogen) atoms. The number of benzene rings is 1. The summed E-state index contributed by atoms with van der Waals surface area (Å²) in [7, 11) is 0. The molecule has 1 atom stereocenters. The maximum atomic E-state index is 11.8. The van der Waals surface area contributed by atoms with Gasteiger partial charge in [-0.1, -0.05) is 23.7 Å². The summed E-state index contributed by atoms with van der Waals surface area (Å²) >= 11 is 5.78. The second-order valence-corrected chi connectivity index (χ2v) is 4.71. The zero-order chi connectivity index (χ0) is 12.1. The van der Waals surface area contributed by atoms with Crippen LogP contribution in [0.2, 0.25) is 5.02 Å². The maximum absolute atomic E-state index is 11.8. The highest BCUT2D eigenvalue weighted by atomic mass is 35.5. The molecule has 0 amide bonds. The minimum absolute atomic E-state index is 0.0102. The summed E-state index contributed by atoms with van der Waals surface area (Å²) in [4.78, 5) is 11.8. The van der Waals surface area contributed by atoms with Crippen LogP contribution >= 0.6 is 11.6 Å². The Labute approximate surface area is 106 Å². The minimum atomic E-state index is -0.104. The summed E-state index contributed by atoms with van der Waals surface area (Å²) < 4.78 is 5.29. The highest BCUT2D eigenvalue weighted by Crippen LogP contribution is 2.14. The first-order chi connectivity index (χ1) is 8.25. The number of esters is 1. The average Bonchev–Trinajstić information content (AvgIpc) is 2.39. The number of carbonyl (C=O) groups excluding carboxylic acids is 1. The quantitative estimate of drug-likeness (QED) is 0.841. The lowest BCUT2D eigenvalue weighted by molar-refractivity contribution is -0.150. The highest BCUT2D eigenvalue weighted by Gasteiger charge is 2.22. The first-order valence-electron chi connectivity index (χ1n) is 5.87. The maximum Gasteiger partial charge on any atom is 0.310 e. The lowest BCUT2D eigenvalue weighted by Gasteiger charge is -2.21. The molecule has 1 N–H and O–H groups in total. The van der Waals surface area contributed by atoms with Crippen LogP contribution in [0.4, 0.5) is 0 Å². The molecule has 1 heterocycles. The molecule has 0 bridgehead atoms. The van der Waals surface area contributed by atoms with Crippen molar-refractivity contribution in [3.63, 3.8) is 0 Å². The third-order valence-electron chi connectivity index (χ3n) is 2.92. The zero-order valence-electron chi connectivity index (χ0n) is 9.62. The van der Waals surface area contributed by atoms with E-state index < -0.39 is 0 Å². The van der Waals surface area contributed by atoms with Gasteiger partial charge in [0, 0.05) is 11.6 Å². The van der Waals surface area contributed by atoms with E-state index in [9.17, 15) is 4.79 Å². The SMILES string of the molecule is O=C(OCc1ccc(Cl)cc1)[C@H]1CCCNC1. The van der Waals surface area contributed by atoms with E-state index >= 15 is 0 Å². The standard InChI is InChI=1S/C13H16ClNO2/c14-12-5-3-10(4-6-12)9-17-13(16)11-2-1-7-15-8-11/h3-6,11,15H,1-2,7-9H2/t11-/m0/s1. The fourth-order valence-electron chi connectivity index (χ4n) is 1.91. The molecule has 0 aromatic heterocycles. The molecule has 0 saturated carbocycles. The summed E-state index contributed by atoms with van der Waals surface area (Å²) in [6, 6.07) is 7.34. The number of ether oxygens (including phenoxy) is 1. The molecule has 4 heteroatoms. The van der Waals surface area contributed by atoms with Crippen molar-refractivity contribution < 1.29 is 9.53 Å². The average molecular weight is 254 g/mol. The molecule has 2 rings (SSSR count). The first-order valence-corrected chi connectivity index (χ1v) is 6.25. The second-order valence-electron chi connectivity index (χ2n) is 4.28. The van der Waals surface area contributed by atoms with Gasteiger partial charge in [-0.2, -0.15) is 0 Å². The minimum Gasteiger partial charge on any atom is -0.461 e.